The number of aryl methyl sites for hydroxylation is 1. The van der Waals surface area contributed by atoms with Crippen LogP contribution in [0.2, 0.25) is 0 Å². The van der Waals surface area contributed by atoms with Gasteiger partial charge >= 0.3 is 0 Å². The second kappa shape index (κ2) is 19.1. The number of methoxy groups -OCH3 is 5. The minimum Gasteiger partial charge on any atom is -0.493 e. The topological polar surface area (TPSA) is 70.2 Å². The standard InChI is InChI=1S/C30H48N2O5.2ClH/c1-9-31-21-30(22(2)3,24-19-27(35-6)29(37-8)28(20-24)36-7)15-11-17-32-16-10-12-23-13-14-25(33-4)26(18-23)34-5;;/h13-14,18-20,22,31-32H,9-12,15-17,21H2,1-8H3;2*1H. The average Bonchev–Trinajstić information content (AvgIpc) is 2.92. The smallest absolute Gasteiger partial charge is 0.203 e. The van der Waals surface area contributed by atoms with Gasteiger partial charge in [-0.3, -0.25) is 0 Å². The molecule has 0 spiro atoms. The summed E-state index contributed by atoms with van der Waals surface area (Å²) in [4.78, 5) is 0. The number of hydrogen-bond donors (Lipinski definition) is 2. The first-order valence-electron chi connectivity index (χ1n) is 13.3. The Kier molecular flexibility index (Phi) is 18.1. The van der Waals surface area contributed by atoms with Crippen LogP contribution in [0.4, 0.5) is 0 Å². The van der Waals surface area contributed by atoms with E-state index < -0.39 is 0 Å². The lowest BCUT2D eigenvalue weighted by Crippen LogP contribution is -2.43. The summed E-state index contributed by atoms with van der Waals surface area (Å²) in [5.74, 6) is 4.00. The summed E-state index contributed by atoms with van der Waals surface area (Å²) in [5, 5.41) is 7.26. The Balaban J connectivity index is 0.00000722. The molecule has 0 aliphatic rings. The normalized spacial score (nSPS) is 12.1. The van der Waals surface area contributed by atoms with Crippen molar-refractivity contribution in [3.05, 3.63) is 41.5 Å². The highest BCUT2D eigenvalue weighted by Gasteiger charge is 2.36. The second-order valence-electron chi connectivity index (χ2n) is 9.65. The zero-order chi connectivity index (χ0) is 27.3. The van der Waals surface area contributed by atoms with Gasteiger partial charge < -0.3 is 34.3 Å². The van der Waals surface area contributed by atoms with E-state index in [9.17, 15) is 0 Å². The van der Waals surface area contributed by atoms with E-state index in [0.717, 1.165) is 63.4 Å². The van der Waals surface area contributed by atoms with Gasteiger partial charge in [-0.25, -0.2) is 0 Å². The van der Waals surface area contributed by atoms with Gasteiger partial charge in [0.25, 0.3) is 0 Å². The zero-order valence-electron chi connectivity index (χ0n) is 25.0. The maximum Gasteiger partial charge on any atom is 0.203 e. The van der Waals surface area contributed by atoms with E-state index in [1.807, 2.05) is 6.07 Å². The lowest BCUT2D eigenvalue weighted by Gasteiger charge is -2.39. The predicted molar refractivity (Wildman–Crippen MR) is 166 cm³/mol. The van der Waals surface area contributed by atoms with Gasteiger partial charge in [0, 0.05) is 12.0 Å². The lowest BCUT2D eigenvalue weighted by molar-refractivity contribution is 0.260. The molecule has 0 aliphatic carbocycles. The van der Waals surface area contributed by atoms with Crippen LogP contribution in [0.3, 0.4) is 0 Å². The molecule has 39 heavy (non-hydrogen) atoms. The molecule has 7 nitrogen and oxygen atoms in total. The van der Waals surface area contributed by atoms with Crippen molar-refractivity contribution in [2.24, 2.45) is 5.92 Å². The quantitative estimate of drug-likeness (QED) is 0.204. The Bertz CT molecular complexity index is 936. The summed E-state index contributed by atoms with van der Waals surface area (Å²) in [7, 11) is 8.33. The van der Waals surface area contributed by atoms with E-state index in [1.165, 1.54) is 11.1 Å². The number of ether oxygens (including phenoxy) is 5. The molecule has 224 valence electrons. The number of rotatable bonds is 18. The van der Waals surface area contributed by atoms with Gasteiger partial charge in [-0.2, -0.15) is 0 Å². The fraction of sp³-hybridized carbons (Fsp3) is 0.600. The van der Waals surface area contributed by atoms with Gasteiger partial charge in [0.05, 0.1) is 35.5 Å². The van der Waals surface area contributed by atoms with Crippen molar-refractivity contribution in [2.45, 2.75) is 51.9 Å². The van der Waals surface area contributed by atoms with E-state index in [4.69, 9.17) is 23.7 Å². The molecule has 1 unspecified atom stereocenters. The first kappa shape index (κ1) is 36.9. The highest BCUT2D eigenvalue weighted by molar-refractivity contribution is 5.85. The molecule has 1 atom stereocenters. The van der Waals surface area contributed by atoms with Crippen molar-refractivity contribution in [1.29, 1.82) is 0 Å². The fourth-order valence-corrected chi connectivity index (χ4v) is 4.99. The first-order chi connectivity index (χ1) is 17.9. The molecule has 2 aromatic rings. The third kappa shape index (κ3) is 9.82. The Morgan fingerprint density at radius 2 is 1.31 bits per heavy atom. The minimum atomic E-state index is -0.0653. The van der Waals surface area contributed by atoms with Gasteiger partial charge in [0.1, 0.15) is 0 Å². The SMILES string of the molecule is CCNCC(CCCNCCCc1ccc(OC)c(OC)c1)(c1cc(OC)c(OC)c(OC)c1)C(C)C.Cl.Cl. The third-order valence-corrected chi connectivity index (χ3v) is 7.28. The number of hydrogen-bond acceptors (Lipinski definition) is 7. The molecule has 0 bridgehead atoms. The van der Waals surface area contributed by atoms with Crippen LogP contribution in [0.15, 0.2) is 30.3 Å². The third-order valence-electron chi connectivity index (χ3n) is 7.28. The molecule has 0 saturated heterocycles. The summed E-state index contributed by atoms with van der Waals surface area (Å²) in [6, 6.07) is 10.4. The molecule has 2 rings (SSSR count). The number of nitrogens with one attached hydrogen (secondary N) is 2. The first-order valence-corrected chi connectivity index (χ1v) is 13.3. The van der Waals surface area contributed by atoms with Crippen LogP contribution in [-0.2, 0) is 11.8 Å². The van der Waals surface area contributed by atoms with Crippen molar-refractivity contribution in [3.63, 3.8) is 0 Å². The Hall–Kier alpha value is -2.06. The maximum absolute atomic E-state index is 5.68. The molecule has 0 saturated carbocycles. The minimum absolute atomic E-state index is 0. The number of likely N-dealkylation sites (N-methyl/N-ethyl adjacent to an activating group) is 1. The van der Waals surface area contributed by atoms with Gasteiger partial charge in [0.2, 0.25) is 5.75 Å². The van der Waals surface area contributed by atoms with E-state index in [-0.39, 0.29) is 30.2 Å². The molecule has 0 aromatic heterocycles. The predicted octanol–water partition coefficient (Wildman–Crippen LogP) is 6.08. The summed E-state index contributed by atoms with van der Waals surface area (Å²) in [6.07, 6.45) is 4.17. The van der Waals surface area contributed by atoms with Crippen LogP contribution >= 0.6 is 24.8 Å². The fourth-order valence-electron chi connectivity index (χ4n) is 4.99. The van der Waals surface area contributed by atoms with Gasteiger partial charge in [0.15, 0.2) is 23.0 Å². The van der Waals surface area contributed by atoms with E-state index >= 15 is 0 Å². The van der Waals surface area contributed by atoms with Crippen molar-refractivity contribution in [3.8, 4) is 28.7 Å². The molecule has 0 heterocycles. The Morgan fingerprint density at radius 3 is 1.82 bits per heavy atom. The largest absolute Gasteiger partial charge is 0.493 e. The zero-order valence-corrected chi connectivity index (χ0v) is 26.6. The maximum atomic E-state index is 5.68. The molecule has 9 heteroatoms. The Labute approximate surface area is 248 Å². The summed E-state index contributed by atoms with van der Waals surface area (Å²) < 4.78 is 27.7. The van der Waals surface area contributed by atoms with Crippen LogP contribution < -0.4 is 34.3 Å². The number of benzene rings is 2. The van der Waals surface area contributed by atoms with E-state index in [2.05, 4.69) is 55.7 Å². The van der Waals surface area contributed by atoms with Crippen LogP contribution in [0.1, 0.15) is 51.2 Å². The van der Waals surface area contributed by atoms with E-state index in [0.29, 0.717) is 23.2 Å². The monoisotopic (exact) mass is 588 g/mol. The molecular formula is C30H50Cl2N2O5. The molecular weight excluding hydrogens is 539 g/mol. The van der Waals surface area contributed by atoms with E-state index in [1.54, 1.807) is 35.5 Å². The average molecular weight is 590 g/mol. The molecule has 0 amide bonds. The molecule has 0 aliphatic heterocycles. The van der Waals surface area contributed by atoms with Crippen LogP contribution in [-0.4, -0.2) is 61.7 Å². The molecule has 0 fully saturated rings. The van der Waals surface area contributed by atoms with Crippen molar-refractivity contribution in [2.75, 3.05) is 61.7 Å². The van der Waals surface area contributed by atoms with Crippen molar-refractivity contribution < 1.29 is 23.7 Å². The highest BCUT2D eigenvalue weighted by Crippen LogP contribution is 2.45. The molecule has 2 aromatic carbocycles. The van der Waals surface area contributed by atoms with Crippen LogP contribution in [0.25, 0.3) is 0 Å². The summed E-state index contributed by atoms with van der Waals surface area (Å²) >= 11 is 0. The van der Waals surface area contributed by atoms with Gasteiger partial charge in [-0.1, -0.05) is 26.8 Å². The van der Waals surface area contributed by atoms with Crippen molar-refractivity contribution >= 4 is 24.8 Å². The van der Waals surface area contributed by atoms with Crippen molar-refractivity contribution in [1.82, 2.24) is 10.6 Å². The molecule has 0 radical (unpaired) electrons. The Morgan fingerprint density at radius 1 is 0.718 bits per heavy atom. The highest BCUT2D eigenvalue weighted by atomic mass is 35.5. The van der Waals surface area contributed by atoms with Crippen LogP contribution in [0, 0.1) is 5.92 Å². The summed E-state index contributed by atoms with van der Waals surface area (Å²) in [6.45, 7) is 10.5. The molecule has 2 N–H and O–H groups in total. The van der Waals surface area contributed by atoms with Gasteiger partial charge in [-0.15, -0.1) is 24.8 Å². The van der Waals surface area contributed by atoms with Gasteiger partial charge in [-0.05, 0) is 86.6 Å². The summed E-state index contributed by atoms with van der Waals surface area (Å²) in [5.41, 5.74) is 2.40. The van der Waals surface area contributed by atoms with Crippen LogP contribution in [0.5, 0.6) is 28.7 Å². The lowest BCUT2D eigenvalue weighted by atomic mass is 9.68. The second-order valence-corrected chi connectivity index (χ2v) is 9.65. The number of halogens is 2.